The van der Waals surface area contributed by atoms with E-state index >= 15 is 0 Å². The van der Waals surface area contributed by atoms with Crippen LogP contribution < -0.4 is 5.32 Å². The summed E-state index contributed by atoms with van der Waals surface area (Å²) in [6.07, 6.45) is 1.37. The van der Waals surface area contributed by atoms with Gasteiger partial charge in [-0.2, -0.15) is 0 Å². The van der Waals surface area contributed by atoms with E-state index in [1.165, 1.54) is 16.7 Å². The van der Waals surface area contributed by atoms with E-state index in [9.17, 15) is 0 Å². The molecule has 1 aliphatic rings. The van der Waals surface area contributed by atoms with Crippen LogP contribution in [0.15, 0.2) is 18.2 Å². The van der Waals surface area contributed by atoms with Crippen LogP contribution in [-0.2, 0) is 0 Å². The van der Waals surface area contributed by atoms with Crippen LogP contribution in [0.3, 0.4) is 0 Å². The molecule has 16 heavy (non-hydrogen) atoms. The molecule has 1 N–H and O–H groups in total. The molecule has 0 aliphatic heterocycles. The van der Waals surface area contributed by atoms with E-state index < -0.39 is 0 Å². The van der Waals surface area contributed by atoms with Gasteiger partial charge in [0.2, 0.25) is 0 Å². The van der Waals surface area contributed by atoms with Gasteiger partial charge in [0.1, 0.15) is 0 Å². The zero-order chi connectivity index (χ0) is 11.1. The highest BCUT2D eigenvalue weighted by Gasteiger charge is 2.32. The lowest BCUT2D eigenvalue weighted by molar-refractivity contribution is 0.787. The third-order valence-electron chi connectivity index (χ3n) is 3.33. The van der Waals surface area contributed by atoms with Crippen molar-refractivity contribution < 1.29 is 0 Å². The second-order valence-electron chi connectivity index (χ2n) is 4.84. The number of aryl methyl sites for hydroxylation is 1. The third-order valence-corrected chi connectivity index (χ3v) is 4.33. The van der Waals surface area contributed by atoms with Crippen LogP contribution in [0.1, 0.15) is 18.9 Å². The van der Waals surface area contributed by atoms with Gasteiger partial charge in [0.05, 0.1) is 10.2 Å². The van der Waals surface area contributed by atoms with Gasteiger partial charge in [0.15, 0.2) is 5.13 Å². The summed E-state index contributed by atoms with van der Waals surface area (Å²) in [5.41, 5.74) is 2.40. The zero-order valence-corrected chi connectivity index (χ0v) is 10.5. The maximum absolute atomic E-state index is 4.61. The fourth-order valence-corrected chi connectivity index (χ4v) is 2.87. The number of aromatic nitrogens is 1. The van der Waals surface area contributed by atoms with E-state index in [0.717, 1.165) is 29.0 Å². The summed E-state index contributed by atoms with van der Waals surface area (Å²) in [4.78, 5) is 4.61. The average molecular weight is 232 g/mol. The first-order valence-corrected chi connectivity index (χ1v) is 6.65. The maximum Gasteiger partial charge on any atom is 0.183 e. The number of nitrogens with one attached hydrogen (secondary N) is 1. The number of benzene rings is 1. The maximum atomic E-state index is 4.61. The third kappa shape index (κ3) is 1.92. The van der Waals surface area contributed by atoms with Crippen molar-refractivity contribution in [3.05, 3.63) is 23.8 Å². The first-order chi connectivity index (χ1) is 7.72. The molecule has 0 saturated heterocycles. The van der Waals surface area contributed by atoms with Gasteiger partial charge in [-0.3, -0.25) is 0 Å². The molecule has 0 spiro atoms. The fourth-order valence-electron chi connectivity index (χ4n) is 2.01. The Labute approximate surface area is 99.7 Å². The second kappa shape index (κ2) is 3.74. The molecule has 84 valence electrons. The van der Waals surface area contributed by atoms with Crippen molar-refractivity contribution in [1.82, 2.24) is 4.98 Å². The Balaban J connectivity index is 1.77. The molecule has 0 bridgehead atoms. The van der Waals surface area contributed by atoms with E-state index in [1.807, 2.05) is 0 Å². The summed E-state index contributed by atoms with van der Waals surface area (Å²) in [6, 6.07) is 6.46. The number of nitrogens with zero attached hydrogens (tertiary/aromatic N) is 1. The van der Waals surface area contributed by atoms with Crippen LogP contribution in [-0.4, -0.2) is 11.5 Å². The van der Waals surface area contributed by atoms with Crippen LogP contribution >= 0.6 is 11.3 Å². The Morgan fingerprint density at radius 1 is 1.50 bits per heavy atom. The van der Waals surface area contributed by atoms with Gasteiger partial charge >= 0.3 is 0 Å². The molecule has 1 saturated carbocycles. The monoisotopic (exact) mass is 232 g/mol. The van der Waals surface area contributed by atoms with Crippen molar-refractivity contribution in [2.75, 3.05) is 11.9 Å². The largest absolute Gasteiger partial charge is 0.361 e. The molecule has 2 atom stereocenters. The fraction of sp³-hybridized carbons (Fsp3) is 0.462. The lowest BCUT2D eigenvalue weighted by atomic mass is 10.2. The van der Waals surface area contributed by atoms with Crippen LogP contribution in [0.5, 0.6) is 0 Å². The van der Waals surface area contributed by atoms with Crippen molar-refractivity contribution in [1.29, 1.82) is 0 Å². The van der Waals surface area contributed by atoms with Gasteiger partial charge in [-0.05, 0) is 42.9 Å². The number of thiazole rings is 1. The lowest BCUT2D eigenvalue weighted by Gasteiger charge is -1.98. The smallest absolute Gasteiger partial charge is 0.183 e. The minimum atomic E-state index is 0.869. The Morgan fingerprint density at radius 3 is 3.06 bits per heavy atom. The molecule has 1 heterocycles. The van der Waals surface area contributed by atoms with Crippen LogP contribution in [0, 0.1) is 18.8 Å². The summed E-state index contributed by atoms with van der Waals surface area (Å²) in [7, 11) is 0. The molecule has 2 nitrogen and oxygen atoms in total. The highest BCUT2D eigenvalue weighted by Crippen LogP contribution is 2.38. The van der Waals surface area contributed by atoms with Crippen LogP contribution in [0.4, 0.5) is 5.13 Å². The van der Waals surface area contributed by atoms with Crippen molar-refractivity contribution in [2.24, 2.45) is 11.8 Å². The summed E-state index contributed by atoms with van der Waals surface area (Å²) < 4.78 is 1.27. The average Bonchev–Trinajstić information content (AvgIpc) is 2.81. The number of rotatable bonds is 3. The van der Waals surface area contributed by atoms with E-state index in [1.54, 1.807) is 11.3 Å². The molecule has 0 radical (unpaired) electrons. The first-order valence-electron chi connectivity index (χ1n) is 5.83. The Bertz CT molecular complexity index is 518. The van der Waals surface area contributed by atoms with Gasteiger partial charge in [-0.25, -0.2) is 4.98 Å². The number of hydrogen-bond acceptors (Lipinski definition) is 3. The second-order valence-corrected chi connectivity index (χ2v) is 5.87. The molecule has 1 aromatic carbocycles. The van der Waals surface area contributed by atoms with Gasteiger partial charge in [-0.15, -0.1) is 0 Å². The number of hydrogen-bond donors (Lipinski definition) is 1. The zero-order valence-electron chi connectivity index (χ0n) is 9.66. The summed E-state index contributed by atoms with van der Waals surface area (Å²) in [5.74, 6) is 1.78. The summed E-state index contributed by atoms with van der Waals surface area (Å²) >= 11 is 1.75. The van der Waals surface area contributed by atoms with Crippen molar-refractivity contribution in [2.45, 2.75) is 20.3 Å². The Morgan fingerprint density at radius 2 is 2.31 bits per heavy atom. The molecule has 1 aliphatic carbocycles. The molecule has 0 amide bonds. The van der Waals surface area contributed by atoms with Crippen molar-refractivity contribution >= 4 is 26.7 Å². The standard InChI is InChI=1S/C13H16N2S/c1-8-3-4-12-11(5-8)15-13(16-12)14-7-10-6-9(10)2/h3-5,9-10H,6-7H2,1-2H3,(H,14,15). The molecule has 3 rings (SSSR count). The van der Waals surface area contributed by atoms with Crippen molar-refractivity contribution in [3.8, 4) is 0 Å². The van der Waals surface area contributed by atoms with Crippen LogP contribution in [0.2, 0.25) is 0 Å². The predicted octanol–water partition coefficient (Wildman–Crippen LogP) is 3.67. The van der Waals surface area contributed by atoms with Gasteiger partial charge in [-0.1, -0.05) is 24.3 Å². The molecule has 1 aromatic heterocycles. The van der Waals surface area contributed by atoms with E-state index in [4.69, 9.17) is 0 Å². The van der Waals surface area contributed by atoms with Gasteiger partial charge in [0.25, 0.3) is 0 Å². The van der Waals surface area contributed by atoms with E-state index in [2.05, 4.69) is 42.3 Å². The molecule has 3 heteroatoms. The van der Waals surface area contributed by atoms with Crippen LogP contribution in [0.25, 0.3) is 10.2 Å². The highest BCUT2D eigenvalue weighted by atomic mass is 32.1. The topological polar surface area (TPSA) is 24.9 Å². The molecule has 1 fully saturated rings. The minimum absolute atomic E-state index is 0.869. The lowest BCUT2D eigenvalue weighted by Crippen LogP contribution is -2.03. The van der Waals surface area contributed by atoms with Crippen molar-refractivity contribution in [3.63, 3.8) is 0 Å². The summed E-state index contributed by atoms with van der Waals surface area (Å²) in [5, 5.41) is 4.52. The number of fused-ring (bicyclic) bond motifs is 1. The van der Waals surface area contributed by atoms with E-state index in [0.29, 0.717) is 0 Å². The normalized spacial score (nSPS) is 23.6. The minimum Gasteiger partial charge on any atom is -0.361 e. The van der Waals surface area contributed by atoms with Gasteiger partial charge in [0, 0.05) is 6.54 Å². The molecular formula is C13H16N2S. The first kappa shape index (κ1) is 10.1. The SMILES string of the molecule is Cc1ccc2sc(NCC3CC3C)nc2c1. The van der Waals surface area contributed by atoms with E-state index in [-0.39, 0.29) is 0 Å². The Kier molecular flexibility index (Phi) is 2.36. The quantitative estimate of drug-likeness (QED) is 0.873. The molecule has 2 unspecified atom stereocenters. The Hall–Kier alpha value is -1.09. The predicted molar refractivity (Wildman–Crippen MR) is 70.1 cm³/mol. The summed E-state index contributed by atoms with van der Waals surface area (Å²) in [6.45, 7) is 5.51. The molecular weight excluding hydrogens is 216 g/mol. The number of anilines is 1. The molecule has 2 aromatic rings. The van der Waals surface area contributed by atoms with Gasteiger partial charge < -0.3 is 5.32 Å². The highest BCUT2D eigenvalue weighted by molar-refractivity contribution is 7.22.